The van der Waals surface area contributed by atoms with Gasteiger partial charge in [-0.2, -0.15) is 13.2 Å². The minimum absolute atomic E-state index is 0.157. The van der Waals surface area contributed by atoms with Crippen LogP contribution in [0.1, 0.15) is 25.5 Å². The van der Waals surface area contributed by atoms with Crippen molar-refractivity contribution in [3.63, 3.8) is 0 Å². The van der Waals surface area contributed by atoms with Gasteiger partial charge in [-0.15, -0.1) is 0 Å². The Morgan fingerprint density at radius 3 is 2.48 bits per heavy atom. The Labute approximate surface area is 143 Å². The molecule has 2 aliphatic heterocycles. The first kappa shape index (κ1) is 16.5. The Morgan fingerprint density at radius 2 is 2.00 bits per heavy atom. The van der Waals surface area contributed by atoms with Crippen LogP contribution in [0.3, 0.4) is 0 Å². The third-order valence-corrected chi connectivity index (χ3v) is 5.85. The predicted octanol–water partition coefficient (Wildman–Crippen LogP) is 2.86. The molecule has 5 nitrogen and oxygen atoms in total. The van der Waals surface area contributed by atoms with Crippen LogP contribution in [0.5, 0.6) is 0 Å². The maximum atomic E-state index is 13.2. The molecule has 3 heterocycles. The molecule has 8 heteroatoms. The normalized spacial score (nSPS) is 30.9. The zero-order valence-electron chi connectivity index (χ0n) is 13.8. The summed E-state index contributed by atoms with van der Waals surface area (Å²) >= 11 is 0. The lowest BCUT2D eigenvalue weighted by Crippen LogP contribution is -2.46. The number of halogens is 3. The molecule has 25 heavy (non-hydrogen) atoms. The quantitative estimate of drug-likeness (QED) is 0.900. The molecule has 1 aromatic heterocycles. The number of carboxylic acid groups (broad SMARTS) is 1. The SMILES string of the molecule is C[C@H]1CCN1c1cc(N2C[C@@H]3C(CC(=O)O)[C@@H]3C2)cc(C(F)(F)F)n1. The third kappa shape index (κ3) is 2.91. The first-order chi connectivity index (χ1) is 11.7. The lowest BCUT2D eigenvalue weighted by atomic mass is 10.1. The van der Waals surface area contributed by atoms with E-state index >= 15 is 0 Å². The summed E-state index contributed by atoms with van der Waals surface area (Å²) < 4.78 is 39.7. The summed E-state index contributed by atoms with van der Waals surface area (Å²) in [6, 6.07) is 3.06. The number of piperidine rings is 1. The van der Waals surface area contributed by atoms with E-state index in [1.165, 1.54) is 0 Å². The van der Waals surface area contributed by atoms with Crippen LogP contribution in [0.15, 0.2) is 12.1 Å². The van der Waals surface area contributed by atoms with Crippen LogP contribution in [0.4, 0.5) is 24.7 Å². The number of carboxylic acids is 1. The summed E-state index contributed by atoms with van der Waals surface area (Å²) in [5.74, 6) is 0.317. The number of nitrogens with zero attached hydrogens (tertiary/aromatic N) is 3. The number of carbonyl (C=O) groups is 1. The van der Waals surface area contributed by atoms with E-state index in [1.54, 1.807) is 6.07 Å². The largest absolute Gasteiger partial charge is 0.481 e. The molecule has 3 fully saturated rings. The van der Waals surface area contributed by atoms with Gasteiger partial charge in [-0.1, -0.05) is 0 Å². The average Bonchev–Trinajstić information content (AvgIpc) is 2.95. The van der Waals surface area contributed by atoms with Gasteiger partial charge >= 0.3 is 12.1 Å². The zero-order valence-corrected chi connectivity index (χ0v) is 13.8. The number of pyridine rings is 1. The first-order valence-electron chi connectivity index (χ1n) is 8.56. The van der Waals surface area contributed by atoms with Crippen molar-refractivity contribution < 1.29 is 23.1 Å². The molecule has 1 unspecified atom stereocenters. The predicted molar refractivity (Wildman–Crippen MR) is 85.6 cm³/mol. The van der Waals surface area contributed by atoms with Crippen molar-refractivity contribution in [3.8, 4) is 0 Å². The molecule has 0 spiro atoms. The number of fused-ring (bicyclic) bond motifs is 1. The van der Waals surface area contributed by atoms with Crippen molar-refractivity contribution in [2.45, 2.75) is 32.0 Å². The second-order valence-electron chi connectivity index (χ2n) is 7.39. The highest BCUT2D eigenvalue weighted by Gasteiger charge is 2.56. The van der Waals surface area contributed by atoms with Gasteiger partial charge < -0.3 is 14.9 Å². The summed E-state index contributed by atoms with van der Waals surface area (Å²) in [4.78, 5) is 18.5. The fourth-order valence-electron chi connectivity index (χ4n) is 4.20. The Balaban J connectivity index is 1.56. The van der Waals surface area contributed by atoms with Crippen LogP contribution in [0, 0.1) is 17.8 Å². The topological polar surface area (TPSA) is 56.7 Å². The van der Waals surface area contributed by atoms with Gasteiger partial charge in [0.15, 0.2) is 0 Å². The minimum atomic E-state index is -4.48. The molecule has 0 amide bonds. The number of aromatic nitrogens is 1. The van der Waals surface area contributed by atoms with Crippen LogP contribution in [-0.4, -0.2) is 41.7 Å². The second kappa shape index (κ2) is 5.51. The van der Waals surface area contributed by atoms with Gasteiger partial charge in [-0.3, -0.25) is 4.79 Å². The smallest absolute Gasteiger partial charge is 0.433 e. The summed E-state index contributed by atoms with van der Waals surface area (Å²) in [7, 11) is 0. The molecule has 3 aliphatic rings. The van der Waals surface area contributed by atoms with Crippen molar-refractivity contribution in [1.82, 2.24) is 4.98 Å². The van der Waals surface area contributed by atoms with E-state index in [1.807, 2.05) is 16.7 Å². The highest BCUT2D eigenvalue weighted by atomic mass is 19.4. The molecule has 1 aliphatic carbocycles. The van der Waals surface area contributed by atoms with Crippen molar-refractivity contribution >= 4 is 17.5 Å². The highest BCUT2D eigenvalue weighted by Crippen LogP contribution is 2.54. The molecule has 0 radical (unpaired) electrons. The van der Waals surface area contributed by atoms with Crippen molar-refractivity contribution in [1.29, 1.82) is 0 Å². The zero-order chi connectivity index (χ0) is 17.9. The number of rotatable bonds is 4. The Morgan fingerprint density at radius 1 is 1.32 bits per heavy atom. The fourth-order valence-corrected chi connectivity index (χ4v) is 4.20. The number of anilines is 2. The van der Waals surface area contributed by atoms with Crippen molar-refractivity contribution in [3.05, 3.63) is 17.8 Å². The molecule has 0 bridgehead atoms. The van der Waals surface area contributed by atoms with Crippen molar-refractivity contribution in [2.24, 2.45) is 17.8 Å². The number of aliphatic carboxylic acids is 1. The molecule has 2 saturated heterocycles. The fraction of sp³-hybridized carbons (Fsp3) is 0.647. The molecule has 4 atom stereocenters. The molecular formula is C17H20F3N3O2. The second-order valence-corrected chi connectivity index (χ2v) is 7.39. The Kier molecular flexibility index (Phi) is 3.63. The van der Waals surface area contributed by atoms with Crippen LogP contribution in [-0.2, 0) is 11.0 Å². The summed E-state index contributed by atoms with van der Waals surface area (Å²) in [6.07, 6.45) is -3.37. The first-order valence-corrected chi connectivity index (χ1v) is 8.56. The van der Waals surface area contributed by atoms with Gasteiger partial charge in [0, 0.05) is 43.9 Å². The standard InChI is InChI=1S/C17H20F3N3O2/c1-9-2-3-23(9)15-5-10(4-14(21-15)17(18,19)20)22-7-12-11(6-16(24)25)13(12)8-22/h4-5,9,11-13H,2-3,6-8H2,1H3,(H,24,25)/t9-,11?,12-,13+/m0/s1. The molecule has 1 saturated carbocycles. The number of hydrogen-bond donors (Lipinski definition) is 1. The lowest BCUT2D eigenvalue weighted by molar-refractivity contribution is -0.141. The van der Waals surface area contributed by atoms with Gasteiger partial charge in [0.2, 0.25) is 0 Å². The maximum absolute atomic E-state index is 13.2. The third-order valence-electron chi connectivity index (χ3n) is 5.85. The lowest BCUT2D eigenvalue weighted by Gasteiger charge is -2.40. The van der Waals surface area contributed by atoms with Crippen LogP contribution >= 0.6 is 0 Å². The van der Waals surface area contributed by atoms with E-state index in [-0.39, 0.29) is 30.2 Å². The van der Waals surface area contributed by atoms with E-state index in [4.69, 9.17) is 5.11 Å². The van der Waals surface area contributed by atoms with Gasteiger partial charge in [0.05, 0.1) is 0 Å². The van der Waals surface area contributed by atoms with Gasteiger partial charge in [-0.25, -0.2) is 4.98 Å². The average molecular weight is 355 g/mol. The van der Waals surface area contributed by atoms with E-state index in [9.17, 15) is 18.0 Å². The minimum Gasteiger partial charge on any atom is -0.481 e. The summed E-state index contributed by atoms with van der Waals surface area (Å²) in [5.41, 5.74) is -0.320. The number of hydrogen-bond acceptors (Lipinski definition) is 4. The van der Waals surface area contributed by atoms with E-state index in [0.29, 0.717) is 24.6 Å². The van der Waals surface area contributed by atoms with Gasteiger partial charge in [0.1, 0.15) is 11.5 Å². The van der Waals surface area contributed by atoms with Crippen LogP contribution in [0.2, 0.25) is 0 Å². The van der Waals surface area contributed by atoms with Crippen LogP contribution in [0.25, 0.3) is 0 Å². The monoisotopic (exact) mass is 355 g/mol. The Hall–Kier alpha value is -1.99. The molecule has 4 rings (SSSR count). The van der Waals surface area contributed by atoms with E-state index in [0.717, 1.165) is 19.0 Å². The maximum Gasteiger partial charge on any atom is 0.433 e. The van der Waals surface area contributed by atoms with Crippen molar-refractivity contribution in [2.75, 3.05) is 29.4 Å². The summed E-state index contributed by atoms with van der Waals surface area (Å²) in [6.45, 7) is 3.95. The van der Waals surface area contributed by atoms with E-state index in [2.05, 4.69) is 4.98 Å². The van der Waals surface area contributed by atoms with E-state index < -0.39 is 17.8 Å². The molecule has 0 aromatic carbocycles. The molecule has 136 valence electrons. The molecule has 1 N–H and O–H groups in total. The van der Waals surface area contributed by atoms with Crippen LogP contribution < -0.4 is 9.80 Å². The highest BCUT2D eigenvalue weighted by molar-refractivity contribution is 5.68. The summed E-state index contributed by atoms with van der Waals surface area (Å²) in [5, 5.41) is 8.89. The van der Waals surface area contributed by atoms with Gasteiger partial charge in [-0.05, 0) is 37.2 Å². The molecule has 1 aromatic rings. The number of alkyl halides is 3. The van der Waals surface area contributed by atoms with Gasteiger partial charge in [0.25, 0.3) is 0 Å². The molecular weight excluding hydrogens is 335 g/mol. The Bertz CT molecular complexity index is 697.